The number of hydrogen-bond acceptors (Lipinski definition) is 5. The van der Waals surface area contributed by atoms with Crippen LogP contribution >= 0.6 is 0 Å². The lowest BCUT2D eigenvalue weighted by Gasteiger charge is -2.18. The number of nitrogens with zero attached hydrogens (tertiary/aromatic N) is 3. The molecule has 1 heterocycles. The molecule has 2 rings (SSSR count). The van der Waals surface area contributed by atoms with E-state index in [-0.39, 0.29) is 11.3 Å². The molecule has 0 saturated heterocycles. The van der Waals surface area contributed by atoms with Gasteiger partial charge in [-0.2, -0.15) is 0 Å². The maximum Gasteiger partial charge on any atom is 0.421 e. The van der Waals surface area contributed by atoms with Gasteiger partial charge in [0.25, 0.3) is 5.69 Å². The topological polar surface area (TPSA) is 81.5 Å². The predicted molar refractivity (Wildman–Crippen MR) is 79.1 cm³/mol. The van der Waals surface area contributed by atoms with Gasteiger partial charge < -0.3 is 4.42 Å². The molecule has 1 aromatic carbocycles. The minimum absolute atomic E-state index is 0.113. The highest BCUT2D eigenvalue weighted by Crippen LogP contribution is 2.20. The van der Waals surface area contributed by atoms with Crippen molar-refractivity contribution < 1.29 is 9.34 Å². The molecule has 2 aromatic rings. The monoisotopic (exact) mass is 289 g/mol. The first-order valence-electron chi connectivity index (χ1n) is 6.28. The first-order chi connectivity index (χ1) is 10.1. The molecular weight excluding hydrogens is 274 g/mol. The van der Waals surface area contributed by atoms with Crippen molar-refractivity contribution in [3.05, 3.63) is 64.2 Å². The Kier molecular flexibility index (Phi) is 4.34. The molecule has 0 spiro atoms. The average Bonchev–Trinajstić information content (AvgIpc) is 2.75. The SMILES string of the molecule is C=CCN(CC=C)Cn1c(=O)oc2cc([N+](=O)[O-])ccc21. The molecule has 0 aliphatic carbocycles. The third kappa shape index (κ3) is 3.09. The van der Waals surface area contributed by atoms with Crippen molar-refractivity contribution in [3.8, 4) is 0 Å². The Balaban J connectivity index is 2.41. The molecule has 110 valence electrons. The number of fused-ring (bicyclic) bond motifs is 1. The second-order valence-corrected chi connectivity index (χ2v) is 4.46. The normalized spacial score (nSPS) is 10.9. The lowest BCUT2D eigenvalue weighted by atomic mass is 10.3. The number of aromatic nitrogens is 1. The van der Waals surface area contributed by atoms with Gasteiger partial charge in [0.05, 0.1) is 23.2 Å². The quantitative estimate of drug-likeness (QED) is 0.443. The molecule has 0 aliphatic rings. The molecule has 0 fully saturated rings. The summed E-state index contributed by atoms with van der Waals surface area (Å²) in [6.07, 6.45) is 3.45. The summed E-state index contributed by atoms with van der Waals surface area (Å²) in [7, 11) is 0. The van der Waals surface area contributed by atoms with Crippen LogP contribution in [-0.2, 0) is 6.67 Å². The van der Waals surface area contributed by atoms with Gasteiger partial charge in [0.2, 0.25) is 0 Å². The zero-order valence-corrected chi connectivity index (χ0v) is 11.4. The van der Waals surface area contributed by atoms with Crippen molar-refractivity contribution >= 4 is 16.8 Å². The summed E-state index contributed by atoms with van der Waals surface area (Å²) < 4.78 is 6.49. The summed E-state index contributed by atoms with van der Waals surface area (Å²) in [5.74, 6) is -0.552. The van der Waals surface area contributed by atoms with Crippen LogP contribution in [0.25, 0.3) is 11.1 Å². The summed E-state index contributed by atoms with van der Waals surface area (Å²) >= 11 is 0. The van der Waals surface area contributed by atoms with Crippen molar-refractivity contribution in [2.45, 2.75) is 6.67 Å². The molecule has 7 nitrogen and oxygen atoms in total. The average molecular weight is 289 g/mol. The minimum Gasteiger partial charge on any atom is -0.407 e. The number of rotatable bonds is 7. The van der Waals surface area contributed by atoms with E-state index in [0.29, 0.717) is 25.3 Å². The van der Waals surface area contributed by atoms with Crippen molar-refractivity contribution in [2.24, 2.45) is 0 Å². The van der Waals surface area contributed by atoms with E-state index in [0.717, 1.165) is 0 Å². The number of benzene rings is 1. The van der Waals surface area contributed by atoms with Crippen LogP contribution in [0.15, 0.2) is 52.7 Å². The van der Waals surface area contributed by atoms with Crippen LogP contribution in [0, 0.1) is 10.1 Å². The molecule has 0 saturated carbocycles. The van der Waals surface area contributed by atoms with Gasteiger partial charge in [0, 0.05) is 19.2 Å². The van der Waals surface area contributed by atoms with E-state index in [1.54, 1.807) is 12.2 Å². The minimum atomic E-state index is -0.552. The highest BCUT2D eigenvalue weighted by Gasteiger charge is 2.15. The van der Waals surface area contributed by atoms with Crippen LogP contribution in [0.4, 0.5) is 5.69 Å². The molecule has 0 N–H and O–H groups in total. The molecule has 0 atom stereocenters. The van der Waals surface area contributed by atoms with E-state index in [1.807, 2.05) is 4.90 Å². The Morgan fingerprint density at radius 3 is 2.57 bits per heavy atom. The first kappa shape index (κ1) is 14.7. The number of non-ortho nitro benzene ring substituents is 1. The van der Waals surface area contributed by atoms with Crippen LogP contribution in [-0.4, -0.2) is 27.5 Å². The fourth-order valence-corrected chi connectivity index (χ4v) is 2.06. The number of oxazole rings is 1. The summed E-state index contributed by atoms with van der Waals surface area (Å²) in [5.41, 5.74) is 0.604. The molecule has 0 aliphatic heterocycles. The molecule has 7 heteroatoms. The fraction of sp³-hybridized carbons (Fsp3) is 0.214. The Morgan fingerprint density at radius 2 is 2.00 bits per heavy atom. The molecule has 0 radical (unpaired) electrons. The highest BCUT2D eigenvalue weighted by molar-refractivity contribution is 5.75. The second kappa shape index (κ2) is 6.19. The number of nitro groups is 1. The van der Waals surface area contributed by atoms with Gasteiger partial charge in [-0.1, -0.05) is 12.2 Å². The van der Waals surface area contributed by atoms with Crippen molar-refractivity contribution in [2.75, 3.05) is 13.1 Å². The number of hydrogen-bond donors (Lipinski definition) is 0. The van der Waals surface area contributed by atoms with Gasteiger partial charge in [-0.3, -0.25) is 19.6 Å². The van der Waals surface area contributed by atoms with Gasteiger partial charge in [-0.15, -0.1) is 13.2 Å². The van der Waals surface area contributed by atoms with E-state index >= 15 is 0 Å². The van der Waals surface area contributed by atoms with Gasteiger partial charge in [0.1, 0.15) is 0 Å². The van der Waals surface area contributed by atoms with Crippen LogP contribution in [0.5, 0.6) is 0 Å². The maximum atomic E-state index is 11.9. The van der Waals surface area contributed by atoms with Crippen molar-refractivity contribution in [1.82, 2.24) is 9.47 Å². The Labute approximate surface area is 120 Å². The summed E-state index contributed by atoms with van der Waals surface area (Å²) in [6.45, 7) is 8.79. The van der Waals surface area contributed by atoms with Gasteiger partial charge in [0.15, 0.2) is 5.58 Å². The summed E-state index contributed by atoms with van der Waals surface area (Å²) in [5, 5.41) is 10.7. The van der Waals surface area contributed by atoms with Crippen LogP contribution in [0.1, 0.15) is 0 Å². The van der Waals surface area contributed by atoms with Crippen molar-refractivity contribution in [3.63, 3.8) is 0 Å². The van der Waals surface area contributed by atoms with Gasteiger partial charge in [-0.05, 0) is 6.07 Å². The van der Waals surface area contributed by atoms with Gasteiger partial charge in [-0.25, -0.2) is 4.79 Å². The van der Waals surface area contributed by atoms with Crippen molar-refractivity contribution in [1.29, 1.82) is 0 Å². The highest BCUT2D eigenvalue weighted by atomic mass is 16.6. The Morgan fingerprint density at radius 1 is 1.33 bits per heavy atom. The second-order valence-electron chi connectivity index (χ2n) is 4.46. The third-order valence-corrected chi connectivity index (χ3v) is 2.98. The van der Waals surface area contributed by atoms with Crippen LogP contribution in [0.3, 0.4) is 0 Å². The zero-order valence-electron chi connectivity index (χ0n) is 11.4. The lowest BCUT2D eigenvalue weighted by molar-refractivity contribution is -0.384. The molecular formula is C14H15N3O4. The summed E-state index contributed by atoms with van der Waals surface area (Å²) in [4.78, 5) is 24.0. The van der Waals surface area contributed by atoms with E-state index < -0.39 is 10.7 Å². The Bertz CT molecular complexity index is 734. The molecule has 0 unspecified atom stereocenters. The maximum absolute atomic E-state index is 11.9. The molecule has 0 amide bonds. The van der Waals surface area contributed by atoms with Crippen LogP contribution < -0.4 is 5.76 Å². The van der Waals surface area contributed by atoms with E-state index in [4.69, 9.17) is 4.42 Å². The molecule has 0 bridgehead atoms. The van der Waals surface area contributed by atoms with Crippen LogP contribution in [0.2, 0.25) is 0 Å². The van der Waals surface area contributed by atoms with Gasteiger partial charge >= 0.3 is 5.76 Å². The van der Waals surface area contributed by atoms with E-state index in [2.05, 4.69) is 13.2 Å². The molecule has 1 aromatic heterocycles. The lowest BCUT2D eigenvalue weighted by Crippen LogP contribution is -2.30. The fourth-order valence-electron chi connectivity index (χ4n) is 2.06. The Hall–Kier alpha value is -2.67. The largest absolute Gasteiger partial charge is 0.421 e. The smallest absolute Gasteiger partial charge is 0.407 e. The predicted octanol–water partition coefficient (Wildman–Crippen LogP) is 2.13. The summed E-state index contributed by atoms with van der Waals surface area (Å²) in [6, 6.07) is 4.11. The standard InChI is InChI=1S/C14H15N3O4/c1-3-7-15(8-4-2)10-16-12-6-5-11(17(19)20)9-13(12)21-14(16)18/h3-6,9H,1-2,7-8,10H2. The third-order valence-electron chi connectivity index (χ3n) is 2.98. The zero-order chi connectivity index (χ0) is 15.4. The molecule has 21 heavy (non-hydrogen) atoms. The van der Waals surface area contributed by atoms with E-state index in [9.17, 15) is 14.9 Å². The van der Waals surface area contributed by atoms with E-state index in [1.165, 1.54) is 22.8 Å². The number of nitro benzene ring substituents is 1. The first-order valence-corrected chi connectivity index (χ1v) is 6.28.